The van der Waals surface area contributed by atoms with Crippen molar-refractivity contribution in [2.45, 2.75) is 46.8 Å². The number of rotatable bonds is 13. The number of amides is 1. The van der Waals surface area contributed by atoms with E-state index in [1.807, 2.05) is 32.9 Å². The molecule has 204 valence electrons. The molecule has 2 rings (SSSR count). The summed E-state index contributed by atoms with van der Waals surface area (Å²) >= 11 is 1.21. The monoisotopic (exact) mass is 533 g/mol. The molecule has 1 atom stereocenters. The highest BCUT2D eigenvalue weighted by atomic mass is 32.2. The molecule has 0 saturated heterocycles. The van der Waals surface area contributed by atoms with Crippen LogP contribution in [0.3, 0.4) is 0 Å². The highest BCUT2D eigenvalue weighted by Crippen LogP contribution is 2.29. The van der Waals surface area contributed by atoms with Gasteiger partial charge in [0.25, 0.3) is 0 Å². The number of benzene rings is 2. The van der Waals surface area contributed by atoms with Crippen molar-refractivity contribution in [3.63, 3.8) is 0 Å². The number of carbonyl (C=O) groups excluding carboxylic acids is 2. The van der Waals surface area contributed by atoms with Crippen molar-refractivity contribution in [1.29, 1.82) is 0 Å². The molecule has 2 aromatic carbocycles. The Hall–Kier alpha value is -2.91. The summed E-state index contributed by atoms with van der Waals surface area (Å²) in [7, 11) is 3.11. The van der Waals surface area contributed by atoms with Gasteiger partial charge >= 0.3 is 12.1 Å². The molecule has 0 aromatic heterocycles. The first-order valence-electron chi connectivity index (χ1n) is 12.1. The van der Waals surface area contributed by atoms with Crippen LogP contribution in [0.15, 0.2) is 36.4 Å². The predicted octanol–water partition coefficient (Wildman–Crippen LogP) is 5.62. The lowest BCUT2D eigenvalue weighted by molar-refractivity contribution is -0.154. The molecule has 0 spiro atoms. The zero-order chi connectivity index (χ0) is 27.4. The van der Waals surface area contributed by atoms with Crippen molar-refractivity contribution < 1.29 is 33.3 Å². The summed E-state index contributed by atoms with van der Waals surface area (Å²) in [6.07, 6.45) is 0.0697. The molecule has 0 aliphatic heterocycles. The molecule has 0 radical (unpaired) electrons. The Morgan fingerprint density at radius 2 is 1.62 bits per heavy atom. The van der Waals surface area contributed by atoms with E-state index in [2.05, 4.69) is 36.8 Å². The number of esters is 1. The normalized spacial score (nSPS) is 12.0. The van der Waals surface area contributed by atoms with Crippen LogP contribution in [-0.2, 0) is 31.2 Å². The molecule has 0 aliphatic rings. The molecule has 0 fully saturated rings. The standard InChI is InChI=1S/C28H39NO7S/c1-19-8-9-21(12-20(19)2)13-23(15-34-26(30)28(3,4)5)16-35-27(31)29-37-17-22-10-11-24(36-18-32-6)25(14-22)33-7/h8-12,14,23H,13,15-18H2,1-7H3,(H,29,31). The Balaban J connectivity index is 1.90. The minimum atomic E-state index is -0.601. The molecule has 0 bridgehead atoms. The van der Waals surface area contributed by atoms with E-state index >= 15 is 0 Å². The summed E-state index contributed by atoms with van der Waals surface area (Å²) in [4.78, 5) is 24.6. The van der Waals surface area contributed by atoms with Gasteiger partial charge in [0.05, 0.1) is 25.7 Å². The summed E-state index contributed by atoms with van der Waals surface area (Å²) in [6, 6.07) is 11.8. The van der Waals surface area contributed by atoms with Crippen LogP contribution in [0.5, 0.6) is 11.5 Å². The van der Waals surface area contributed by atoms with Crippen molar-refractivity contribution >= 4 is 24.0 Å². The van der Waals surface area contributed by atoms with Gasteiger partial charge in [0.1, 0.15) is 0 Å². The molecule has 37 heavy (non-hydrogen) atoms. The third-order valence-corrected chi connectivity index (χ3v) is 6.35. The molecule has 2 aromatic rings. The number of aryl methyl sites for hydroxylation is 2. The summed E-state index contributed by atoms with van der Waals surface area (Å²) in [5, 5.41) is 0. The van der Waals surface area contributed by atoms with Gasteiger partial charge in [-0.15, -0.1) is 0 Å². The van der Waals surface area contributed by atoms with Gasteiger partial charge < -0.3 is 23.7 Å². The Labute approximate surface area is 224 Å². The van der Waals surface area contributed by atoms with Gasteiger partial charge in [-0.25, -0.2) is 4.79 Å². The van der Waals surface area contributed by atoms with E-state index in [1.54, 1.807) is 20.3 Å². The van der Waals surface area contributed by atoms with Crippen molar-refractivity contribution in [1.82, 2.24) is 4.72 Å². The molecule has 9 heteroatoms. The van der Waals surface area contributed by atoms with Gasteiger partial charge in [-0.1, -0.05) is 24.3 Å². The summed E-state index contributed by atoms with van der Waals surface area (Å²) in [5.41, 5.74) is 3.84. The highest BCUT2D eigenvalue weighted by molar-refractivity contribution is 7.97. The number of carbonyl (C=O) groups is 2. The smallest absolute Gasteiger partial charge is 0.417 e. The van der Waals surface area contributed by atoms with E-state index < -0.39 is 11.5 Å². The van der Waals surface area contributed by atoms with E-state index in [0.29, 0.717) is 23.7 Å². The molecule has 0 saturated carbocycles. The van der Waals surface area contributed by atoms with Crippen LogP contribution in [0.4, 0.5) is 4.79 Å². The fraction of sp³-hybridized carbons (Fsp3) is 0.500. The van der Waals surface area contributed by atoms with Gasteiger partial charge in [0.15, 0.2) is 18.3 Å². The fourth-order valence-corrected chi connectivity index (χ4v) is 3.88. The summed E-state index contributed by atoms with van der Waals surface area (Å²) < 4.78 is 29.5. The largest absolute Gasteiger partial charge is 0.493 e. The van der Waals surface area contributed by atoms with E-state index in [1.165, 1.54) is 23.1 Å². The molecular weight excluding hydrogens is 494 g/mol. The quantitative estimate of drug-likeness (QED) is 0.202. The van der Waals surface area contributed by atoms with Gasteiger partial charge in [-0.2, -0.15) is 0 Å². The lowest BCUT2D eigenvalue weighted by atomic mass is 9.96. The molecule has 0 heterocycles. The number of nitrogens with one attached hydrogen (secondary N) is 1. The lowest BCUT2D eigenvalue weighted by Crippen LogP contribution is -2.29. The van der Waals surface area contributed by atoms with Crippen molar-refractivity contribution in [3.8, 4) is 11.5 Å². The second kappa shape index (κ2) is 14.7. The zero-order valence-corrected chi connectivity index (χ0v) is 23.7. The lowest BCUT2D eigenvalue weighted by Gasteiger charge is -2.21. The maximum atomic E-state index is 12.4. The van der Waals surface area contributed by atoms with Crippen LogP contribution in [0.2, 0.25) is 0 Å². The van der Waals surface area contributed by atoms with E-state index in [-0.39, 0.29) is 31.9 Å². The third kappa shape index (κ3) is 10.5. The van der Waals surface area contributed by atoms with Crippen LogP contribution in [0, 0.1) is 25.2 Å². The SMILES string of the molecule is COCOc1ccc(CSNC(=O)OCC(COC(=O)C(C)(C)C)Cc2ccc(C)c(C)c2)cc1OC. The first-order chi connectivity index (χ1) is 17.5. The first-order valence-corrected chi connectivity index (χ1v) is 13.1. The van der Waals surface area contributed by atoms with Gasteiger partial charge in [0.2, 0.25) is 0 Å². The molecule has 8 nitrogen and oxygen atoms in total. The summed E-state index contributed by atoms with van der Waals surface area (Å²) in [6.45, 7) is 9.96. The maximum Gasteiger partial charge on any atom is 0.417 e. The topological polar surface area (TPSA) is 92.3 Å². The Morgan fingerprint density at radius 3 is 2.27 bits per heavy atom. The second-order valence-corrected chi connectivity index (χ2v) is 10.6. The second-order valence-electron chi connectivity index (χ2n) is 9.86. The van der Waals surface area contributed by atoms with Crippen molar-refractivity contribution in [2.75, 3.05) is 34.2 Å². The molecule has 0 aliphatic carbocycles. The van der Waals surface area contributed by atoms with Gasteiger partial charge in [-0.3, -0.25) is 9.52 Å². The molecular formula is C28H39NO7S. The Morgan fingerprint density at radius 1 is 0.919 bits per heavy atom. The predicted molar refractivity (Wildman–Crippen MR) is 145 cm³/mol. The molecule has 1 unspecified atom stereocenters. The van der Waals surface area contributed by atoms with Crippen molar-refractivity contribution in [3.05, 3.63) is 58.7 Å². The molecule has 1 N–H and O–H groups in total. The maximum absolute atomic E-state index is 12.4. The summed E-state index contributed by atoms with van der Waals surface area (Å²) in [5.74, 6) is 1.20. The van der Waals surface area contributed by atoms with Gasteiger partial charge in [-0.05, 0) is 87.4 Å². The van der Waals surface area contributed by atoms with Crippen LogP contribution < -0.4 is 14.2 Å². The Kier molecular flexibility index (Phi) is 12.1. The minimum absolute atomic E-state index is 0.121. The van der Waals surface area contributed by atoms with E-state index in [4.69, 9.17) is 23.7 Å². The number of methoxy groups -OCH3 is 2. The van der Waals surface area contributed by atoms with Crippen LogP contribution >= 0.6 is 11.9 Å². The van der Waals surface area contributed by atoms with Crippen LogP contribution in [-0.4, -0.2) is 46.3 Å². The van der Waals surface area contributed by atoms with Crippen LogP contribution in [0.25, 0.3) is 0 Å². The van der Waals surface area contributed by atoms with Crippen molar-refractivity contribution in [2.24, 2.45) is 11.3 Å². The number of hydrogen-bond donors (Lipinski definition) is 1. The number of ether oxygens (including phenoxy) is 5. The minimum Gasteiger partial charge on any atom is -0.493 e. The van der Waals surface area contributed by atoms with E-state index in [0.717, 1.165) is 11.1 Å². The average molecular weight is 534 g/mol. The third-order valence-electron chi connectivity index (χ3n) is 5.56. The average Bonchev–Trinajstić information content (AvgIpc) is 2.86. The van der Waals surface area contributed by atoms with Crippen LogP contribution in [0.1, 0.15) is 43.0 Å². The van der Waals surface area contributed by atoms with E-state index in [9.17, 15) is 9.59 Å². The highest BCUT2D eigenvalue weighted by Gasteiger charge is 2.25. The Bertz CT molecular complexity index is 1040. The fourth-order valence-electron chi connectivity index (χ4n) is 3.28. The first kappa shape index (κ1) is 30.3. The zero-order valence-electron chi connectivity index (χ0n) is 22.8. The molecule has 1 amide bonds. The van der Waals surface area contributed by atoms with Gasteiger partial charge in [0, 0.05) is 18.8 Å². The number of hydrogen-bond acceptors (Lipinski definition) is 8.